The van der Waals surface area contributed by atoms with Crippen LogP contribution in [-0.2, 0) is 6.18 Å². The van der Waals surface area contributed by atoms with Gasteiger partial charge in [0.15, 0.2) is 0 Å². The van der Waals surface area contributed by atoms with Gasteiger partial charge in [-0.05, 0) is 42.5 Å². The zero-order chi connectivity index (χ0) is 19.7. The van der Waals surface area contributed by atoms with Crippen molar-refractivity contribution in [2.45, 2.75) is 6.18 Å². The Morgan fingerprint density at radius 3 is 2.36 bits per heavy atom. The van der Waals surface area contributed by atoms with E-state index in [4.69, 9.17) is 0 Å². The zero-order valence-electron chi connectivity index (χ0n) is 14.3. The van der Waals surface area contributed by atoms with E-state index in [1.54, 1.807) is 18.6 Å². The van der Waals surface area contributed by atoms with Crippen LogP contribution in [0.2, 0.25) is 0 Å². The highest BCUT2D eigenvalue weighted by Crippen LogP contribution is 2.35. The Hall–Kier alpha value is -3.75. The number of aromatic nitrogens is 4. The minimum Gasteiger partial charge on any atom is -0.507 e. The second kappa shape index (κ2) is 6.76. The standard InChI is InChI=1S/C19H14F3N5O/c20-19(21,22)18-10-16(25-26-18)15-6-3-13(9-17(15)28)24-12-1-4-14(5-2-12)27-8-7-23-11-27/h1-11,24,28H,(H,25,26). The molecule has 0 aliphatic carbocycles. The second-order valence-electron chi connectivity index (χ2n) is 6.04. The number of phenolic OH excluding ortho intramolecular Hbond substituents is 1. The van der Waals surface area contributed by atoms with E-state index in [1.165, 1.54) is 12.1 Å². The van der Waals surface area contributed by atoms with Gasteiger partial charge in [0, 0.05) is 41.1 Å². The topological polar surface area (TPSA) is 78.8 Å². The summed E-state index contributed by atoms with van der Waals surface area (Å²) in [5.74, 6) is -0.180. The van der Waals surface area contributed by atoms with Gasteiger partial charge in [-0.25, -0.2) is 4.98 Å². The van der Waals surface area contributed by atoms with Crippen molar-refractivity contribution in [1.82, 2.24) is 19.7 Å². The van der Waals surface area contributed by atoms with E-state index in [0.29, 0.717) is 5.69 Å². The van der Waals surface area contributed by atoms with Gasteiger partial charge >= 0.3 is 6.18 Å². The molecule has 0 aliphatic heterocycles. The number of aromatic amines is 1. The Morgan fingerprint density at radius 2 is 1.75 bits per heavy atom. The number of H-pyrrole nitrogens is 1. The van der Waals surface area contributed by atoms with Gasteiger partial charge in [0.25, 0.3) is 0 Å². The van der Waals surface area contributed by atoms with Crippen LogP contribution in [0.5, 0.6) is 5.75 Å². The molecule has 0 atom stereocenters. The third-order valence-electron chi connectivity index (χ3n) is 4.12. The van der Waals surface area contributed by atoms with Gasteiger partial charge in [-0.3, -0.25) is 5.10 Å². The van der Waals surface area contributed by atoms with E-state index in [1.807, 2.05) is 40.1 Å². The molecular weight excluding hydrogens is 371 g/mol. The quantitative estimate of drug-likeness (QED) is 0.475. The molecule has 2 aromatic carbocycles. The van der Waals surface area contributed by atoms with Crippen molar-refractivity contribution >= 4 is 11.4 Å². The van der Waals surface area contributed by atoms with E-state index >= 15 is 0 Å². The van der Waals surface area contributed by atoms with Crippen LogP contribution in [0.3, 0.4) is 0 Å². The number of nitrogens with zero attached hydrogens (tertiary/aromatic N) is 3. The average molecular weight is 385 g/mol. The number of alkyl halides is 3. The first-order chi connectivity index (χ1) is 13.4. The van der Waals surface area contributed by atoms with Crippen molar-refractivity contribution in [3.8, 4) is 22.7 Å². The molecule has 4 aromatic rings. The SMILES string of the molecule is Oc1cc(Nc2ccc(-n3ccnc3)cc2)ccc1-c1cc(C(F)(F)F)[nH]n1. The highest BCUT2D eigenvalue weighted by Gasteiger charge is 2.33. The lowest BCUT2D eigenvalue weighted by atomic mass is 10.1. The van der Waals surface area contributed by atoms with Crippen molar-refractivity contribution in [3.63, 3.8) is 0 Å². The first kappa shape index (κ1) is 17.7. The van der Waals surface area contributed by atoms with Crippen LogP contribution in [0.15, 0.2) is 67.3 Å². The van der Waals surface area contributed by atoms with Crippen molar-refractivity contribution in [3.05, 3.63) is 72.9 Å². The van der Waals surface area contributed by atoms with Crippen molar-refractivity contribution in [2.24, 2.45) is 0 Å². The van der Waals surface area contributed by atoms with Gasteiger partial charge in [-0.15, -0.1) is 0 Å². The summed E-state index contributed by atoms with van der Waals surface area (Å²) in [5.41, 5.74) is 1.56. The molecule has 3 N–H and O–H groups in total. The molecular formula is C19H14F3N5O. The Balaban J connectivity index is 1.52. The summed E-state index contributed by atoms with van der Waals surface area (Å²) in [6.07, 6.45) is 0.690. The maximum atomic E-state index is 12.7. The summed E-state index contributed by atoms with van der Waals surface area (Å²) in [6.45, 7) is 0. The van der Waals surface area contributed by atoms with Crippen LogP contribution < -0.4 is 5.32 Å². The fourth-order valence-corrected chi connectivity index (χ4v) is 2.73. The lowest BCUT2D eigenvalue weighted by Crippen LogP contribution is -2.04. The fourth-order valence-electron chi connectivity index (χ4n) is 2.73. The molecule has 4 rings (SSSR count). The third-order valence-corrected chi connectivity index (χ3v) is 4.12. The van der Waals surface area contributed by atoms with Gasteiger partial charge in [0.05, 0.1) is 12.0 Å². The first-order valence-corrected chi connectivity index (χ1v) is 8.21. The third kappa shape index (κ3) is 3.54. The normalized spacial score (nSPS) is 11.5. The molecule has 0 radical (unpaired) electrons. The molecule has 2 aromatic heterocycles. The van der Waals surface area contributed by atoms with Gasteiger partial charge in [-0.1, -0.05) is 0 Å². The number of imidazole rings is 1. The van der Waals surface area contributed by atoms with Crippen LogP contribution >= 0.6 is 0 Å². The lowest BCUT2D eigenvalue weighted by molar-refractivity contribution is -0.141. The van der Waals surface area contributed by atoms with Crippen molar-refractivity contribution in [2.75, 3.05) is 5.32 Å². The summed E-state index contributed by atoms with van der Waals surface area (Å²) in [4.78, 5) is 4.00. The summed E-state index contributed by atoms with van der Waals surface area (Å²) < 4.78 is 39.9. The van der Waals surface area contributed by atoms with Crippen LogP contribution in [0.4, 0.5) is 24.5 Å². The van der Waals surface area contributed by atoms with E-state index in [9.17, 15) is 18.3 Å². The van der Waals surface area contributed by atoms with Gasteiger partial charge in [0.1, 0.15) is 11.4 Å². The summed E-state index contributed by atoms with van der Waals surface area (Å²) in [5, 5.41) is 18.9. The Kier molecular flexibility index (Phi) is 4.26. The molecule has 0 bridgehead atoms. The Bertz CT molecular complexity index is 1090. The predicted octanol–water partition coefficient (Wildman–Crippen LogP) is 4.73. The maximum absolute atomic E-state index is 12.7. The molecule has 0 unspecified atom stereocenters. The Morgan fingerprint density at radius 1 is 1.00 bits per heavy atom. The monoisotopic (exact) mass is 385 g/mol. The number of hydrogen-bond acceptors (Lipinski definition) is 4. The maximum Gasteiger partial charge on any atom is 0.432 e. The van der Waals surface area contributed by atoms with Gasteiger partial charge in [0.2, 0.25) is 0 Å². The smallest absolute Gasteiger partial charge is 0.432 e. The summed E-state index contributed by atoms with van der Waals surface area (Å²) in [6, 6.07) is 13.0. The second-order valence-corrected chi connectivity index (χ2v) is 6.04. The number of aromatic hydroxyl groups is 1. The molecule has 2 heterocycles. The molecule has 0 saturated heterocycles. The number of benzene rings is 2. The predicted molar refractivity (Wildman–Crippen MR) is 97.5 cm³/mol. The van der Waals surface area contributed by atoms with Crippen molar-refractivity contribution in [1.29, 1.82) is 0 Å². The van der Waals surface area contributed by atoms with Crippen LogP contribution in [-0.4, -0.2) is 24.9 Å². The van der Waals surface area contributed by atoms with Gasteiger partial charge in [-0.2, -0.15) is 18.3 Å². The Labute approximate surface area is 157 Å². The summed E-state index contributed by atoms with van der Waals surface area (Å²) >= 11 is 0. The number of nitrogens with one attached hydrogen (secondary N) is 2. The molecule has 0 saturated carbocycles. The minimum atomic E-state index is -4.52. The fraction of sp³-hybridized carbons (Fsp3) is 0.0526. The van der Waals surface area contributed by atoms with Crippen LogP contribution in [0, 0.1) is 0 Å². The summed E-state index contributed by atoms with van der Waals surface area (Å²) in [7, 11) is 0. The van der Waals surface area contributed by atoms with Crippen LogP contribution in [0.1, 0.15) is 5.69 Å². The lowest BCUT2D eigenvalue weighted by Gasteiger charge is -2.10. The first-order valence-electron chi connectivity index (χ1n) is 8.21. The van der Waals surface area contributed by atoms with Crippen LogP contribution in [0.25, 0.3) is 16.9 Å². The van der Waals surface area contributed by atoms with E-state index in [0.717, 1.165) is 17.4 Å². The molecule has 28 heavy (non-hydrogen) atoms. The number of hydrogen-bond donors (Lipinski definition) is 3. The highest BCUT2D eigenvalue weighted by atomic mass is 19.4. The average Bonchev–Trinajstić information content (AvgIpc) is 3.34. The molecule has 0 spiro atoms. The number of anilines is 2. The molecule has 9 heteroatoms. The number of phenols is 1. The number of rotatable bonds is 4. The molecule has 6 nitrogen and oxygen atoms in total. The minimum absolute atomic E-state index is 0.0149. The zero-order valence-corrected chi connectivity index (χ0v) is 14.3. The van der Waals surface area contributed by atoms with Crippen molar-refractivity contribution < 1.29 is 18.3 Å². The molecule has 142 valence electrons. The molecule has 0 aliphatic rings. The highest BCUT2D eigenvalue weighted by molar-refractivity contribution is 5.72. The van der Waals surface area contributed by atoms with Gasteiger partial charge < -0.3 is 15.0 Å². The molecule has 0 fully saturated rings. The van der Waals surface area contributed by atoms with E-state index in [2.05, 4.69) is 15.4 Å². The number of halogens is 3. The molecule has 0 amide bonds. The van der Waals surface area contributed by atoms with E-state index in [-0.39, 0.29) is 17.0 Å². The van der Waals surface area contributed by atoms with E-state index < -0.39 is 11.9 Å². The largest absolute Gasteiger partial charge is 0.507 e.